The summed E-state index contributed by atoms with van der Waals surface area (Å²) in [7, 11) is -2.35. The molecule has 11 heteroatoms. The number of alkyl halides is 3. The minimum atomic E-state index is -4.40. The summed E-state index contributed by atoms with van der Waals surface area (Å²) >= 11 is 0. The third-order valence-electron chi connectivity index (χ3n) is 8.13. The summed E-state index contributed by atoms with van der Waals surface area (Å²) in [5, 5.41) is 8.20. The lowest BCUT2D eigenvalue weighted by atomic mass is 10.0. The Kier molecular flexibility index (Phi) is 9.43. The van der Waals surface area contributed by atoms with E-state index in [1.54, 1.807) is 31.5 Å². The fourth-order valence-electron chi connectivity index (χ4n) is 5.80. The summed E-state index contributed by atoms with van der Waals surface area (Å²) in [5.41, 5.74) is 2.36. The lowest BCUT2D eigenvalue weighted by Gasteiger charge is -2.33. The van der Waals surface area contributed by atoms with Crippen molar-refractivity contribution < 1.29 is 22.5 Å². The SMILES string of the molecule is CP(C)(=O)c1ccc(NCC#Cc2cc3c(NC4CCN(CC(=O)N5CCCC5)CC4)cccc3n2CC(F)(F)F)cc1. The molecule has 2 aromatic carbocycles. The van der Waals surface area contributed by atoms with E-state index in [9.17, 15) is 22.5 Å². The van der Waals surface area contributed by atoms with E-state index < -0.39 is 19.9 Å². The van der Waals surface area contributed by atoms with Crippen LogP contribution in [0.5, 0.6) is 0 Å². The van der Waals surface area contributed by atoms with Crippen LogP contribution >= 0.6 is 7.14 Å². The summed E-state index contributed by atoms with van der Waals surface area (Å²) in [4.78, 5) is 16.7. The quantitative estimate of drug-likeness (QED) is 0.263. The molecule has 2 N–H and O–H groups in total. The number of carbonyl (C=O) groups is 1. The number of fused-ring (bicyclic) bond motifs is 1. The van der Waals surface area contributed by atoms with E-state index in [-0.39, 0.29) is 18.5 Å². The van der Waals surface area contributed by atoms with E-state index in [4.69, 9.17) is 0 Å². The zero-order chi connectivity index (χ0) is 30.6. The summed E-state index contributed by atoms with van der Waals surface area (Å²) in [6.45, 7) is 6.29. The number of likely N-dealkylation sites (tertiary alicyclic amines) is 2. The third-order valence-corrected chi connectivity index (χ3v) is 9.68. The molecule has 1 amide bonds. The molecule has 3 aromatic rings. The molecule has 7 nitrogen and oxygen atoms in total. The number of rotatable bonds is 8. The van der Waals surface area contributed by atoms with E-state index in [1.165, 1.54) is 4.57 Å². The summed E-state index contributed by atoms with van der Waals surface area (Å²) < 4.78 is 54.3. The number of carbonyl (C=O) groups excluding carboxylic acids is 1. The Morgan fingerprint density at radius 2 is 1.72 bits per heavy atom. The Labute approximate surface area is 251 Å². The monoisotopic (exact) mass is 613 g/mol. The lowest BCUT2D eigenvalue weighted by Crippen LogP contribution is -2.44. The van der Waals surface area contributed by atoms with Gasteiger partial charge in [0.1, 0.15) is 13.7 Å². The minimum absolute atomic E-state index is 0.161. The maximum absolute atomic E-state index is 13.6. The molecule has 43 heavy (non-hydrogen) atoms. The van der Waals surface area contributed by atoms with Crippen LogP contribution < -0.4 is 15.9 Å². The zero-order valence-corrected chi connectivity index (χ0v) is 25.6. The van der Waals surface area contributed by atoms with Crippen molar-refractivity contribution in [1.82, 2.24) is 14.4 Å². The highest BCUT2D eigenvalue weighted by Gasteiger charge is 2.30. The van der Waals surface area contributed by atoms with Crippen LogP contribution in [0.3, 0.4) is 0 Å². The van der Waals surface area contributed by atoms with Crippen molar-refractivity contribution in [2.75, 3.05) is 63.2 Å². The Bertz CT molecular complexity index is 1540. The number of anilines is 2. The van der Waals surface area contributed by atoms with Crippen LogP contribution in [0, 0.1) is 11.8 Å². The van der Waals surface area contributed by atoms with Crippen molar-refractivity contribution in [3.8, 4) is 11.8 Å². The van der Waals surface area contributed by atoms with Crippen LogP contribution in [0.2, 0.25) is 0 Å². The van der Waals surface area contributed by atoms with Gasteiger partial charge < -0.3 is 24.7 Å². The van der Waals surface area contributed by atoms with Crippen molar-refractivity contribution in [2.45, 2.75) is 44.4 Å². The second-order valence-corrected chi connectivity index (χ2v) is 15.0. The van der Waals surface area contributed by atoms with Gasteiger partial charge in [0.15, 0.2) is 0 Å². The van der Waals surface area contributed by atoms with Crippen LogP contribution in [-0.2, 0) is 15.9 Å². The topological polar surface area (TPSA) is 69.6 Å². The van der Waals surface area contributed by atoms with Gasteiger partial charge in [0.2, 0.25) is 5.91 Å². The van der Waals surface area contributed by atoms with Crippen molar-refractivity contribution in [2.24, 2.45) is 0 Å². The Hall–Kier alpha value is -3.41. The molecule has 2 fully saturated rings. The molecule has 0 atom stereocenters. The number of hydrogen-bond acceptors (Lipinski definition) is 5. The van der Waals surface area contributed by atoms with Gasteiger partial charge in [0.25, 0.3) is 0 Å². The van der Waals surface area contributed by atoms with E-state index in [0.29, 0.717) is 23.1 Å². The van der Waals surface area contributed by atoms with Crippen molar-refractivity contribution in [3.63, 3.8) is 0 Å². The van der Waals surface area contributed by atoms with Gasteiger partial charge in [-0.2, -0.15) is 13.2 Å². The Morgan fingerprint density at radius 1 is 1.02 bits per heavy atom. The molecule has 2 aliphatic rings. The first-order valence-electron chi connectivity index (χ1n) is 14.8. The maximum atomic E-state index is 13.6. The van der Waals surface area contributed by atoms with Gasteiger partial charge in [-0.3, -0.25) is 9.69 Å². The average Bonchev–Trinajstić information content (AvgIpc) is 3.61. The summed E-state index contributed by atoms with van der Waals surface area (Å²) in [6, 6.07) is 14.5. The number of aromatic nitrogens is 1. The van der Waals surface area contributed by atoms with Crippen molar-refractivity contribution >= 4 is 40.6 Å². The Morgan fingerprint density at radius 3 is 2.37 bits per heavy atom. The van der Waals surface area contributed by atoms with Crippen LogP contribution in [0.25, 0.3) is 10.9 Å². The molecule has 0 bridgehead atoms. The number of nitrogens with one attached hydrogen (secondary N) is 2. The van der Waals surface area contributed by atoms with Crippen LogP contribution in [0.4, 0.5) is 24.5 Å². The van der Waals surface area contributed by atoms with Gasteiger partial charge in [-0.25, -0.2) is 0 Å². The number of halogens is 3. The minimum Gasteiger partial charge on any atom is -0.382 e. The fraction of sp³-hybridized carbons (Fsp3) is 0.469. The number of hydrogen-bond donors (Lipinski definition) is 2. The third kappa shape index (κ3) is 8.16. The highest BCUT2D eigenvalue weighted by Crippen LogP contribution is 2.34. The molecule has 0 aliphatic carbocycles. The number of piperidine rings is 1. The molecule has 0 radical (unpaired) electrons. The van der Waals surface area contributed by atoms with Gasteiger partial charge in [0, 0.05) is 54.3 Å². The van der Waals surface area contributed by atoms with Gasteiger partial charge >= 0.3 is 6.18 Å². The van der Waals surface area contributed by atoms with E-state index in [1.807, 2.05) is 35.2 Å². The molecule has 0 saturated carbocycles. The fourth-order valence-corrected chi connectivity index (χ4v) is 6.66. The molecular formula is C32H39F3N5O2P. The smallest absolute Gasteiger partial charge is 0.382 e. The zero-order valence-electron chi connectivity index (χ0n) is 24.7. The van der Waals surface area contributed by atoms with Gasteiger partial charge in [-0.15, -0.1) is 0 Å². The van der Waals surface area contributed by atoms with Crippen LogP contribution in [0.1, 0.15) is 31.4 Å². The first kappa shape index (κ1) is 31.0. The van der Waals surface area contributed by atoms with E-state index in [2.05, 4.69) is 27.4 Å². The van der Waals surface area contributed by atoms with E-state index in [0.717, 1.165) is 68.5 Å². The molecular weight excluding hydrogens is 574 g/mol. The standard InChI is InChI=1S/C32H39F3N5O2P/c1-43(2,42)27-12-10-24(11-13-27)36-16-6-7-26-21-28-29(8-5-9-30(28)40(26)23-32(33,34)35)37-25-14-19-38(20-15-25)22-31(41)39-17-3-4-18-39/h5,8-13,21,25,36-37H,3-4,14-20,22-23H2,1-2H3. The Balaban J connectivity index is 1.26. The number of benzene rings is 2. The molecule has 1 aromatic heterocycles. The maximum Gasteiger partial charge on any atom is 0.406 e. The molecule has 2 saturated heterocycles. The number of amides is 1. The van der Waals surface area contributed by atoms with Gasteiger partial charge in [0.05, 0.1) is 24.3 Å². The number of nitrogens with zero attached hydrogens (tertiary/aromatic N) is 3. The highest BCUT2D eigenvalue weighted by molar-refractivity contribution is 7.70. The van der Waals surface area contributed by atoms with Crippen molar-refractivity contribution in [3.05, 3.63) is 54.2 Å². The first-order valence-corrected chi connectivity index (χ1v) is 17.4. The molecule has 230 valence electrons. The molecule has 5 rings (SSSR count). The van der Waals surface area contributed by atoms with Gasteiger partial charge in [-0.05, 0) is 87.4 Å². The normalized spacial score (nSPS) is 16.7. The van der Waals surface area contributed by atoms with Crippen LogP contribution in [-0.4, -0.2) is 85.1 Å². The second-order valence-electron chi connectivity index (χ2n) is 11.8. The second kappa shape index (κ2) is 13.1. The van der Waals surface area contributed by atoms with Gasteiger partial charge in [-0.1, -0.05) is 12.0 Å². The molecule has 0 unspecified atom stereocenters. The molecule has 3 heterocycles. The van der Waals surface area contributed by atoms with Crippen molar-refractivity contribution in [1.29, 1.82) is 0 Å². The largest absolute Gasteiger partial charge is 0.406 e. The first-order chi connectivity index (χ1) is 20.5. The predicted octanol–water partition coefficient (Wildman–Crippen LogP) is 5.41. The van der Waals surface area contributed by atoms with Crippen LogP contribution in [0.15, 0.2) is 48.5 Å². The summed E-state index contributed by atoms with van der Waals surface area (Å²) in [6.07, 6.45) is -0.545. The predicted molar refractivity (Wildman–Crippen MR) is 168 cm³/mol. The lowest BCUT2D eigenvalue weighted by molar-refractivity contribution is -0.140. The average molecular weight is 614 g/mol. The molecule has 2 aliphatic heterocycles. The molecule has 0 spiro atoms. The highest BCUT2D eigenvalue weighted by atomic mass is 31.2. The summed E-state index contributed by atoms with van der Waals surface area (Å²) in [5.74, 6) is 6.11. The van der Waals surface area contributed by atoms with E-state index >= 15 is 0 Å².